The number of amides is 2. The topological polar surface area (TPSA) is 76.1 Å². The minimum absolute atomic E-state index is 0.361. The van der Waals surface area contributed by atoms with Crippen molar-refractivity contribution in [3.05, 3.63) is 52.5 Å². The van der Waals surface area contributed by atoms with Gasteiger partial charge in [-0.25, -0.2) is 4.79 Å². The van der Waals surface area contributed by atoms with Crippen molar-refractivity contribution >= 4 is 51.4 Å². The monoisotopic (exact) mass is 436 g/mol. The molecule has 0 aliphatic heterocycles. The number of carbonyl (C=O) groups excluding carboxylic acids is 1. The third kappa shape index (κ3) is 5.58. The van der Waals surface area contributed by atoms with E-state index in [4.69, 9.17) is 27.9 Å². The zero-order valence-electron chi connectivity index (χ0n) is 15.0. The Bertz CT molecular complexity index is 947. The van der Waals surface area contributed by atoms with Crippen molar-refractivity contribution < 1.29 is 9.53 Å². The van der Waals surface area contributed by atoms with Crippen LogP contribution < -0.4 is 15.4 Å². The van der Waals surface area contributed by atoms with Crippen molar-refractivity contribution in [3.63, 3.8) is 0 Å². The van der Waals surface area contributed by atoms with Crippen LogP contribution in [0.1, 0.15) is 19.8 Å². The molecule has 2 N–H and O–H groups in total. The van der Waals surface area contributed by atoms with E-state index in [1.165, 1.54) is 11.3 Å². The van der Waals surface area contributed by atoms with E-state index in [1.54, 1.807) is 18.2 Å². The van der Waals surface area contributed by atoms with E-state index in [0.717, 1.165) is 24.2 Å². The van der Waals surface area contributed by atoms with Crippen molar-refractivity contribution in [1.29, 1.82) is 0 Å². The molecule has 0 spiro atoms. The minimum Gasteiger partial charge on any atom is -0.494 e. The minimum atomic E-state index is -0.444. The van der Waals surface area contributed by atoms with Gasteiger partial charge in [0.05, 0.1) is 16.7 Å². The first-order valence-electron chi connectivity index (χ1n) is 8.65. The Hall–Kier alpha value is -2.35. The highest BCUT2D eigenvalue weighted by molar-refractivity contribution is 7.18. The number of nitrogens with zero attached hydrogens (tertiary/aromatic N) is 2. The van der Waals surface area contributed by atoms with Gasteiger partial charge in [-0.05, 0) is 48.9 Å². The van der Waals surface area contributed by atoms with E-state index in [1.807, 2.05) is 24.3 Å². The Morgan fingerprint density at radius 1 is 1.07 bits per heavy atom. The van der Waals surface area contributed by atoms with Crippen LogP contribution in [-0.2, 0) is 0 Å². The lowest BCUT2D eigenvalue weighted by Crippen LogP contribution is -2.19. The van der Waals surface area contributed by atoms with Gasteiger partial charge in [-0.2, -0.15) is 0 Å². The van der Waals surface area contributed by atoms with Crippen molar-refractivity contribution in [2.75, 3.05) is 17.2 Å². The first kappa shape index (κ1) is 20.4. The van der Waals surface area contributed by atoms with E-state index in [2.05, 4.69) is 27.8 Å². The normalized spacial score (nSPS) is 10.5. The zero-order valence-corrected chi connectivity index (χ0v) is 17.4. The summed E-state index contributed by atoms with van der Waals surface area (Å²) in [6.45, 7) is 2.83. The molecule has 0 aliphatic carbocycles. The molecule has 146 valence electrons. The highest BCUT2D eigenvalue weighted by Crippen LogP contribution is 2.28. The van der Waals surface area contributed by atoms with E-state index in [0.29, 0.717) is 32.5 Å². The number of ether oxygens (including phenoxy) is 1. The van der Waals surface area contributed by atoms with Crippen LogP contribution in [0.4, 0.5) is 15.6 Å². The summed E-state index contributed by atoms with van der Waals surface area (Å²) in [5, 5.41) is 15.3. The van der Waals surface area contributed by atoms with Gasteiger partial charge in [0.2, 0.25) is 5.13 Å². The van der Waals surface area contributed by atoms with Crippen LogP contribution in [0.15, 0.2) is 42.5 Å². The Balaban J connectivity index is 1.58. The molecule has 28 heavy (non-hydrogen) atoms. The van der Waals surface area contributed by atoms with Crippen LogP contribution in [0.5, 0.6) is 5.75 Å². The maximum absolute atomic E-state index is 12.1. The fraction of sp³-hybridized carbons (Fsp3) is 0.211. The maximum atomic E-state index is 12.1. The van der Waals surface area contributed by atoms with Crippen molar-refractivity contribution in [3.8, 4) is 16.3 Å². The van der Waals surface area contributed by atoms with Crippen LogP contribution >= 0.6 is 34.5 Å². The van der Waals surface area contributed by atoms with Crippen LogP contribution in [-0.4, -0.2) is 22.8 Å². The maximum Gasteiger partial charge on any atom is 0.325 e. The molecule has 0 radical (unpaired) electrons. The summed E-state index contributed by atoms with van der Waals surface area (Å²) in [5.41, 5.74) is 1.42. The predicted molar refractivity (Wildman–Crippen MR) is 115 cm³/mol. The molecule has 6 nitrogen and oxygen atoms in total. The third-order valence-electron chi connectivity index (χ3n) is 3.69. The molecule has 1 heterocycles. The molecular weight excluding hydrogens is 419 g/mol. The smallest absolute Gasteiger partial charge is 0.325 e. The van der Waals surface area contributed by atoms with Gasteiger partial charge < -0.3 is 10.1 Å². The Labute approximate surface area is 176 Å². The molecular formula is C19H18Cl2N4O2S. The number of hydrogen-bond acceptors (Lipinski definition) is 5. The van der Waals surface area contributed by atoms with Crippen molar-refractivity contribution in [2.45, 2.75) is 19.8 Å². The van der Waals surface area contributed by atoms with Gasteiger partial charge >= 0.3 is 6.03 Å². The summed E-state index contributed by atoms with van der Waals surface area (Å²) in [6.07, 6.45) is 2.12. The van der Waals surface area contributed by atoms with Gasteiger partial charge in [0.25, 0.3) is 0 Å². The number of halogens is 2. The molecule has 0 saturated carbocycles. The third-order valence-corrected chi connectivity index (χ3v) is 5.32. The van der Waals surface area contributed by atoms with E-state index < -0.39 is 6.03 Å². The molecule has 3 rings (SSSR count). The van der Waals surface area contributed by atoms with Crippen molar-refractivity contribution in [1.82, 2.24) is 10.2 Å². The van der Waals surface area contributed by atoms with Crippen LogP contribution in [0.3, 0.4) is 0 Å². The molecule has 3 aromatic rings. The fourth-order valence-corrected chi connectivity index (χ4v) is 3.29. The van der Waals surface area contributed by atoms with Gasteiger partial charge in [-0.1, -0.05) is 47.9 Å². The number of rotatable bonds is 7. The highest BCUT2D eigenvalue weighted by Gasteiger charge is 2.11. The van der Waals surface area contributed by atoms with Gasteiger partial charge in [0.1, 0.15) is 10.8 Å². The second-order valence-corrected chi connectivity index (χ2v) is 7.64. The molecule has 1 aromatic heterocycles. The second-order valence-electron chi connectivity index (χ2n) is 5.85. The predicted octanol–water partition coefficient (Wildman–Crippen LogP) is 6.33. The van der Waals surface area contributed by atoms with Gasteiger partial charge in [0, 0.05) is 11.3 Å². The lowest BCUT2D eigenvalue weighted by molar-refractivity contribution is 0.262. The van der Waals surface area contributed by atoms with E-state index in [9.17, 15) is 4.79 Å². The summed E-state index contributed by atoms with van der Waals surface area (Å²) in [6, 6.07) is 12.0. The molecule has 0 aliphatic rings. The largest absolute Gasteiger partial charge is 0.494 e. The average molecular weight is 437 g/mol. The number of urea groups is 1. The highest BCUT2D eigenvalue weighted by atomic mass is 35.5. The molecule has 0 atom stereocenters. The van der Waals surface area contributed by atoms with Crippen molar-refractivity contribution in [2.24, 2.45) is 0 Å². The van der Waals surface area contributed by atoms with Gasteiger partial charge in [-0.3, -0.25) is 5.32 Å². The lowest BCUT2D eigenvalue weighted by Gasteiger charge is -2.06. The molecule has 0 unspecified atom stereocenters. The zero-order chi connectivity index (χ0) is 19.9. The molecule has 0 bridgehead atoms. The molecule has 0 fully saturated rings. The average Bonchev–Trinajstić information content (AvgIpc) is 3.14. The van der Waals surface area contributed by atoms with Crippen LogP contribution in [0.2, 0.25) is 10.0 Å². The second kappa shape index (κ2) is 9.73. The number of unbranched alkanes of at least 4 members (excludes halogenated alkanes) is 1. The van der Waals surface area contributed by atoms with Crippen LogP contribution in [0.25, 0.3) is 10.6 Å². The number of nitrogens with one attached hydrogen (secondary N) is 2. The summed E-state index contributed by atoms with van der Waals surface area (Å²) >= 11 is 13.1. The van der Waals surface area contributed by atoms with Crippen LogP contribution in [0, 0.1) is 0 Å². The first-order valence-corrected chi connectivity index (χ1v) is 10.2. The Morgan fingerprint density at radius 3 is 2.57 bits per heavy atom. The summed E-state index contributed by atoms with van der Waals surface area (Å²) in [5.74, 6) is 0.820. The summed E-state index contributed by atoms with van der Waals surface area (Å²) in [4.78, 5) is 12.1. The number of aromatic nitrogens is 2. The standard InChI is InChI=1S/C19H18Cl2N4O2S/c1-2-3-10-27-14-7-4-12(5-8-14)17-24-25-19(28-17)23-18(26)22-13-6-9-15(20)16(21)11-13/h4-9,11H,2-3,10H2,1H3,(H2,22,23,25,26). The number of hydrogen-bond donors (Lipinski definition) is 2. The lowest BCUT2D eigenvalue weighted by atomic mass is 10.2. The molecule has 9 heteroatoms. The summed E-state index contributed by atoms with van der Waals surface area (Å²) < 4.78 is 5.65. The fourth-order valence-electron chi connectivity index (χ4n) is 2.25. The number of anilines is 2. The van der Waals surface area contributed by atoms with E-state index in [-0.39, 0.29) is 0 Å². The van der Waals surface area contributed by atoms with Gasteiger partial charge in [-0.15, -0.1) is 10.2 Å². The number of carbonyl (C=O) groups is 1. The van der Waals surface area contributed by atoms with E-state index >= 15 is 0 Å². The molecule has 0 saturated heterocycles. The first-order chi connectivity index (χ1) is 13.5. The number of benzene rings is 2. The summed E-state index contributed by atoms with van der Waals surface area (Å²) in [7, 11) is 0. The SMILES string of the molecule is CCCCOc1ccc(-c2nnc(NC(=O)Nc3ccc(Cl)c(Cl)c3)s2)cc1. The Morgan fingerprint density at radius 2 is 1.86 bits per heavy atom. The van der Waals surface area contributed by atoms with Gasteiger partial charge in [0.15, 0.2) is 0 Å². The Kier molecular flexibility index (Phi) is 7.08. The molecule has 2 amide bonds. The molecule has 2 aromatic carbocycles. The quantitative estimate of drug-likeness (QED) is 0.423.